The standard InChI is InChI=1S/C24H26.2C20H14.CH4/c1-23(2,19-11-7-5-8-12-19)21-15-17-22(18-16-21)24(3,4)20-13-9-6-10-14-20;1-3-11-17-15(7-1)9-5-13-19(17)20-14-6-10-16-8-2-4-12-18(16)20;1-3-7-17-13-19(11-9-15(17)5-1)20-12-10-16-6-2-4-8-18(16)14-20;/h5-18H,1-4H3;2*1-14H;1H4. The van der Waals surface area contributed by atoms with Crippen molar-refractivity contribution >= 4 is 43.1 Å². The van der Waals surface area contributed by atoms with Crippen LogP contribution in [-0.4, -0.2) is 0 Å². The van der Waals surface area contributed by atoms with E-state index in [1.165, 1.54) is 87.6 Å². The summed E-state index contributed by atoms with van der Waals surface area (Å²) in [5, 5.41) is 10.4. The third kappa shape index (κ3) is 9.54. The first kappa shape index (κ1) is 44.1. The molecule has 0 spiro atoms. The molecule has 318 valence electrons. The van der Waals surface area contributed by atoms with Gasteiger partial charge in [-0.05, 0) is 99.7 Å². The molecule has 0 aliphatic carbocycles. The summed E-state index contributed by atoms with van der Waals surface area (Å²) in [7, 11) is 0. The predicted octanol–water partition coefficient (Wildman–Crippen LogP) is 18.3. The highest BCUT2D eigenvalue weighted by Crippen LogP contribution is 2.36. The third-order valence-electron chi connectivity index (χ3n) is 13.0. The summed E-state index contributed by atoms with van der Waals surface area (Å²) < 4.78 is 0. The first-order chi connectivity index (χ1) is 31.3. The van der Waals surface area contributed by atoms with Gasteiger partial charge in [0.15, 0.2) is 0 Å². The lowest BCUT2D eigenvalue weighted by atomic mass is 9.75. The Morgan fingerprint density at radius 1 is 0.231 bits per heavy atom. The number of benzene rings is 11. The quantitative estimate of drug-likeness (QED) is 0.156. The molecule has 0 aliphatic rings. The molecule has 0 unspecified atom stereocenters. The normalized spacial score (nSPS) is 11.3. The fourth-order valence-corrected chi connectivity index (χ4v) is 9.00. The molecule has 0 saturated carbocycles. The molecular weight excluding hydrogens is 781 g/mol. The number of rotatable bonds is 6. The molecule has 65 heavy (non-hydrogen) atoms. The second kappa shape index (κ2) is 19.5. The first-order valence-electron chi connectivity index (χ1n) is 22.4. The van der Waals surface area contributed by atoms with Gasteiger partial charge in [-0.15, -0.1) is 0 Å². The topological polar surface area (TPSA) is 0 Å². The lowest BCUT2D eigenvalue weighted by molar-refractivity contribution is 0.626. The van der Waals surface area contributed by atoms with Crippen LogP contribution in [0.4, 0.5) is 0 Å². The lowest BCUT2D eigenvalue weighted by Crippen LogP contribution is -2.21. The lowest BCUT2D eigenvalue weighted by Gasteiger charge is -2.29. The summed E-state index contributed by atoms with van der Waals surface area (Å²) in [6.45, 7) is 9.17. The Morgan fingerprint density at radius 3 is 0.908 bits per heavy atom. The Labute approximate surface area is 386 Å². The summed E-state index contributed by atoms with van der Waals surface area (Å²) in [5.74, 6) is 0. The predicted molar refractivity (Wildman–Crippen MR) is 284 cm³/mol. The smallest absolute Gasteiger partial charge is 0.0146 e. The maximum atomic E-state index is 2.29. The van der Waals surface area contributed by atoms with Gasteiger partial charge >= 0.3 is 0 Å². The Balaban J connectivity index is 0.000000133. The maximum Gasteiger partial charge on any atom is 0.0146 e. The molecule has 0 atom stereocenters. The van der Waals surface area contributed by atoms with Gasteiger partial charge < -0.3 is 0 Å². The average molecular weight is 839 g/mol. The average Bonchev–Trinajstić information content (AvgIpc) is 3.36. The molecule has 0 radical (unpaired) electrons. The fraction of sp³-hybridized carbons (Fsp3) is 0.108. The minimum Gasteiger partial charge on any atom is -0.0776 e. The monoisotopic (exact) mass is 838 g/mol. The van der Waals surface area contributed by atoms with Crippen LogP contribution in [0.2, 0.25) is 0 Å². The van der Waals surface area contributed by atoms with Crippen LogP contribution >= 0.6 is 0 Å². The SMILES string of the molecule is C.CC(C)(c1ccccc1)c1ccc(C(C)(C)c2ccccc2)cc1.c1ccc2c(-c3cccc4ccccc34)cccc2c1.c1ccc2cc(-c3ccc4ccccc4c3)ccc2c1. The molecule has 0 heteroatoms. The molecular formula is C65H58. The van der Waals surface area contributed by atoms with Crippen molar-refractivity contribution in [2.24, 2.45) is 0 Å². The summed E-state index contributed by atoms with van der Waals surface area (Å²) in [6.07, 6.45) is 0. The number of fused-ring (bicyclic) bond motifs is 4. The van der Waals surface area contributed by atoms with Gasteiger partial charge in [-0.3, -0.25) is 0 Å². The molecule has 0 saturated heterocycles. The molecule has 0 bridgehead atoms. The van der Waals surface area contributed by atoms with E-state index in [1.54, 1.807) is 0 Å². The van der Waals surface area contributed by atoms with Crippen LogP contribution in [0.25, 0.3) is 65.3 Å². The zero-order chi connectivity index (χ0) is 43.9. The van der Waals surface area contributed by atoms with Crippen LogP contribution in [0, 0.1) is 0 Å². The number of hydrogen-bond acceptors (Lipinski definition) is 0. The van der Waals surface area contributed by atoms with Gasteiger partial charge in [0.2, 0.25) is 0 Å². The minimum absolute atomic E-state index is 0. The first-order valence-corrected chi connectivity index (χ1v) is 22.4. The van der Waals surface area contributed by atoms with Crippen molar-refractivity contribution < 1.29 is 0 Å². The van der Waals surface area contributed by atoms with Crippen LogP contribution in [0.3, 0.4) is 0 Å². The fourth-order valence-electron chi connectivity index (χ4n) is 9.00. The van der Waals surface area contributed by atoms with Gasteiger partial charge in [-0.1, -0.05) is 278 Å². The summed E-state index contributed by atoms with van der Waals surface area (Å²) >= 11 is 0. The molecule has 0 N–H and O–H groups in total. The third-order valence-corrected chi connectivity index (χ3v) is 13.0. The Morgan fingerprint density at radius 2 is 0.523 bits per heavy atom. The van der Waals surface area contributed by atoms with E-state index in [2.05, 4.69) is 282 Å². The van der Waals surface area contributed by atoms with E-state index in [4.69, 9.17) is 0 Å². The summed E-state index contributed by atoms with van der Waals surface area (Å²) in [5.41, 5.74) is 10.6. The van der Waals surface area contributed by atoms with E-state index in [0.29, 0.717) is 0 Å². The Bertz CT molecular complexity index is 3060. The molecule has 11 aromatic carbocycles. The molecule has 0 fully saturated rings. The largest absolute Gasteiger partial charge is 0.0776 e. The molecule has 0 aromatic heterocycles. The van der Waals surface area contributed by atoms with Crippen molar-refractivity contribution in [3.8, 4) is 22.3 Å². The van der Waals surface area contributed by atoms with Crippen molar-refractivity contribution in [2.75, 3.05) is 0 Å². The Kier molecular flexibility index (Phi) is 13.2. The second-order valence-electron chi connectivity index (χ2n) is 17.7. The van der Waals surface area contributed by atoms with Crippen molar-refractivity contribution in [1.82, 2.24) is 0 Å². The highest BCUT2D eigenvalue weighted by Gasteiger charge is 2.26. The highest BCUT2D eigenvalue weighted by molar-refractivity contribution is 6.05. The van der Waals surface area contributed by atoms with Gasteiger partial charge in [0, 0.05) is 10.8 Å². The maximum absolute atomic E-state index is 2.29. The van der Waals surface area contributed by atoms with Gasteiger partial charge in [0.05, 0.1) is 0 Å². The van der Waals surface area contributed by atoms with Crippen LogP contribution in [0.5, 0.6) is 0 Å². The molecule has 11 rings (SSSR count). The van der Waals surface area contributed by atoms with Crippen LogP contribution in [0.1, 0.15) is 57.4 Å². The summed E-state index contributed by atoms with van der Waals surface area (Å²) in [6, 6.07) is 91.1. The van der Waals surface area contributed by atoms with Gasteiger partial charge in [0.25, 0.3) is 0 Å². The van der Waals surface area contributed by atoms with Crippen molar-refractivity contribution in [2.45, 2.75) is 46.0 Å². The van der Waals surface area contributed by atoms with E-state index in [1.807, 2.05) is 0 Å². The second-order valence-corrected chi connectivity index (χ2v) is 17.7. The zero-order valence-electron chi connectivity index (χ0n) is 37.2. The minimum atomic E-state index is 0. The van der Waals surface area contributed by atoms with Crippen LogP contribution in [-0.2, 0) is 10.8 Å². The number of hydrogen-bond donors (Lipinski definition) is 0. The van der Waals surface area contributed by atoms with Gasteiger partial charge in [-0.25, -0.2) is 0 Å². The summed E-state index contributed by atoms with van der Waals surface area (Å²) in [4.78, 5) is 0. The van der Waals surface area contributed by atoms with E-state index in [0.717, 1.165) is 0 Å². The van der Waals surface area contributed by atoms with E-state index < -0.39 is 0 Å². The molecule has 0 nitrogen and oxygen atoms in total. The molecule has 0 aliphatic heterocycles. The van der Waals surface area contributed by atoms with Crippen LogP contribution in [0.15, 0.2) is 255 Å². The zero-order valence-corrected chi connectivity index (χ0v) is 37.2. The van der Waals surface area contributed by atoms with E-state index in [-0.39, 0.29) is 18.3 Å². The van der Waals surface area contributed by atoms with E-state index >= 15 is 0 Å². The molecule has 0 heterocycles. The van der Waals surface area contributed by atoms with E-state index in [9.17, 15) is 0 Å². The molecule has 11 aromatic rings. The van der Waals surface area contributed by atoms with Gasteiger partial charge in [0.1, 0.15) is 0 Å². The van der Waals surface area contributed by atoms with Gasteiger partial charge in [-0.2, -0.15) is 0 Å². The highest BCUT2D eigenvalue weighted by atomic mass is 14.3. The van der Waals surface area contributed by atoms with Crippen molar-refractivity contribution in [3.63, 3.8) is 0 Å². The van der Waals surface area contributed by atoms with Crippen molar-refractivity contribution in [3.05, 3.63) is 277 Å². The Hall–Kier alpha value is -7.54. The van der Waals surface area contributed by atoms with Crippen molar-refractivity contribution in [1.29, 1.82) is 0 Å². The molecule has 0 amide bonds. The van der Waals surface area contributed by atoms with Crippen LogP contribution < -0.4 is 0 Å².